The Balaban J connectivity index is 2.14. The molecule has 0 bridgehead atoms. The molecular weight excluding hydrogens is 220 g/mol. The van der Waals surface area contributed by atoms with Gasteiger partial charge in [0.05, 0.1) is 12.4 Å². The van der Waals surface area contributed by atoms with Crippen LogP contribution in [0.1, 0.15) is 5.69 Å². The number of hydrogen-bond acceptors (Lipinski definition) is 4. The molecule has 5 heteroatoms. The largest absolute Gasteiger partial charge is 0.382 e. The summed E-state index contributed by atoms with van der Waals surface area (Å²) in [5.41, 5.74) is 5.69. The van der Waals surface area contributed by atoms with Crippen LogP contribution < -0.4 is 5.73 Å². The summed E-state index contributed by atoms with van der Waals surface area (Å²) in [6.45, 7) is 0. The lowest BCUT2D eigenvalue weighted by Crippen LogP contribution is -2.13. The van der Waals surface area contributed by atoms with Crippen LogP contribution in [0, 0.1) is 5.41 Å². The molecule has 0 radical (unpaired) electrons. The number of amidine groups is 1. The molecule has 1 aromatic carbocycles. The maximum Gasteiger partial charge on any atom is 0.143 e. The SMILES string of the molecule is N=C(N)c1cnc(Sc2ccccc2)cn1. The van der Waals surface area contributed by atoms with Gasteiger partial charge in [0.15, 0.2) is 0 Å². The molecular formula is C11H10N4S. The Morgan fingerprint density at radius 2 is 1.88 bits per heavy atom. The van der Waals surface area contributed by atoms with Gasteiger partial charge in [-0.3, -0.25) is 5.41 Å². The van der Waals surface area contributed by atoms with E-state index in [0.717, 1.165) is 9.92 Å². The highest BCUT2D eigenvalue weighted by atomic mass is 32.2. The van der Waals surface area contributed by atoms with E-state index in [0.29, 0.717) is 5.69 Å². The van der Waals surface area contributed by atoms with Gasteiger partial charge in [0.1, 0.15) is 16.6 Å². The highest BCUT2D eigenvalue weighted by molar-refractivity contribution is 7.99. The minimum atomic E-state index is -0.0660. The smallest absolute Gasteiger partial charge is 0.143 e. The number of benzene rings is 1. The molecule has 0 spiro atoms. The molecule has 0 amide bonds. The third-order valence-electron chi connectivity index (χ3n) is 1.87. The van der Waals surface area contributed by atoms with Crippen molar-refractivity contribution in [2.45, 2.75) is 9.92 Å². The van der Waals surface area contributed by atoms with E-state index in [1.54, 1.807) is 6.20 Å². The van der Waals surface area contributed by atoms with Crippen LogP contribution in [0.25, 0.3) is 0 Å². The Morgan fingerprint density at radius 3 is 2.44 bits per heavy atom. The zero-order valence-electron chi connectivity index (χ0n) is 8.42. The topological polar surface area (TPSA) is 75.7 Å². The lowest BCUT2D eigenvalue weighted by Gasteiger charge is -2.01. The molecule has 1 heterocycles. The quantitative estimate of drug-likeness (QED) is 0.624. The first-order valence-corrected chi connectivity index (χ1v) is 5.47. The standard InChI is InChI=1S/C11H10N4S/c12-11(13)9-6-15-10(7-14-9)16-8-4-2-1-3-5-8/h1-7H,(H3,12,13). The minimum absolute atomic E-state index is 0.0660. The minimum Gasteiger partial charge on any atom is -0.382 e. The van der Waals surface area contributed by atoms with Gasteiger partial charge < -0.3 is 5.73 Å². The van der Waals surface area contributed by atoms with E-state index in [-0.39, 0.29) is 5.84 Å². The van der Waals surface area contributed by atoms with Gasteiger partial charge in [-0.2, -0.15) is 0 Å². The fraction of sp³-hybridized carbons (Fsp3) is 0. The molecule has 0 aliphatic rings. The van der Waals surface area contributed by atoms with Crippen molar-refractivity contribution < 1.29 is 0 Å². The molecule has 3 N–H and O–H groups in total. The average Bonchev–Trinajstić information content (AvgIpc) is 2.31. The molecule has 16 heavy (non-hydrogen) atoms. The van der Waals surface area contributed by atoms with Gasteiger partial charge in [0.25, 0.3) is 0 Å². The van der Waals surface area contributed by atoms with E-state index in [1.807, 2.05) is 30.3 Å². The van der Waals surface area contributed by atoms with Crippen LogP contribution in [-0.4, -0.2) is 15.8 Å². The number of nitrogens with one attached hydrogen (secondary N) is 1. The maximum absolute atomic E-state index is 7.20. The van der Waals surface area contributed by atoms with Crippen molar-refractivity contribution in [2.75, 3.05) is 0 Å². The number of nitrogen functional groups attached to an aromatic ring is 1. The molecule has 80 valence electrons. The summed E-state index contributed by atoms with van der Waals surface area (Å²) in [4.78, 5) is 9.32. The van der Waals surface area contributed by atoms with E-state index < -0.39 is 0 Å². The Kier molecular flexibility index (Phi) is 3.16. The first kappa shape index (κ1) is 10.6. The van der Waals surface area contributed by atoms with Gasteiger partial charge >= 0.3 is 0 Å². The lowest BCUT2D eigenvalue weighted by molar-refractivity contribution is 1.04. The molecule has 0 atom stereocenters. The molecule has 4 nitrogen and oxygen atoms in total. The fourth-order valence-corrected chi connectivity index (χ4v) is 1.86. The molecule has 0 saturated carbocycles. The van der Waals surface area contributed by atoms with Crippen LogP contribution >= 0.6 is 11.8 Å². The van der Waals surface area contributed by atoms with Crippen molar-refractivity contribution in [2.24, 2.45) is 5.73 Å². The van der Waals surface area contributed by atoms with E-state index >= 15 is 0 Å². The second kappa shape index (κ2) is 4.76. The monoisotopic (exact) mass is 230 g/mol. The predicted molar refractivity (Wildman–Crippen MR) is 63.6 cm³/mol. The van der Waals surface area contributed by atoms with Gasteiger partial charge in [-0.05, 0) is 12.1 Å². The number of nitrogens with two attached hydrogens (primary N) is 1. The Labute approximate surface area is 97.4 Å². The van der Waals surface area contributed by atoms with Gasteiger partial charge in [-0.15, -0.1) is 0 Å². The van der Waals surface area contributed by atoms with Crippen LogP contribution in [0.2, 0.25) is 0 Å². The second-order valence-electron chi connectivity index (χ2n) is 3.07. The summed E-state index contributed by atoms with van der Waals surface area (Å²) in [5, 5.41) is 7.98. The number of aromatic nitrogens is 2. The number of rotatable bonds is 3. The normalized spacial score (nSPS) is 10.0. The molecule has 0 fully saturated rings. The summed E-state index contributed by atoms with van der Waals surface area (Å²) in [6, 6.07) is 9.92. The molecule has 0 aliphatic carbocycles. The highest BCUT2D eigenvalue weighted by Crippen LogP contribution is 2.24. The van der Waals surface area contributed by atoms with E-state index in [1.165, 1.54) is 18.0 Å². The summed E-state index contributed by atoms with van der Waals surface area (Å²) in [6.07, 6.45) is 3.13. The van der Waals surface area contributed by atoms with Crippen molar-refractivity contribution in [1.29, 1.82) is 5.41 Å². The zero-order chi connectivity index (χ0) is 11.4. The van der Waals surface area contributed by atoms with Gasteiger partial charge in [-0.25, -0.2) is 9.97 Å². The Hall–Kier alpha value is -1.88. The number of hydrogen-bond donors (Lipinski definition) is 2. The van der Waals surface area contributed by atoms with Crippen molar-refractivity contribution >= 4 is 17.6 Å². The summed E-state index contributed by atoms with van der Waals surface area (Å²) in [7, 11) is 0. The van der Waals surface area contributed by atoms with Crippen molar-refractivity contribution in [3.8, 4) is 0 Å². The highest BCUT2D eigenvalue weighted by Gasteiger charge is 2.01. The molecule has 0 saturated heterocycles. The van der Waals surface area contributed by atoms with Gasteiger partial charge in [0.2, 0.25) is 0 Å². The second-order valence-corrected chi connectivity index (χ2v) is 4.16. The Bertz CT molecular complexity index is 481. The molecule has 2 rings (SSSR count). The molecule has 0 unspecified atom stereocenters. The first-order valence-electron chi connectivity index (χ1n) is 4.65. The van der Waals surface area contributed by atoms with Crippen LogP contribution in [0.4, 0.5) is 0 Å². The van der Waals surface area contributed by atoms with Crippen LogP contribution in [0.15, 0.2) is 52.6 Å². The van der Waals surface area contributed by atoms with E-state index in [2.05, 4.69) is 9.97 Å². The zero-order valence-corrected chi connectivity index (χ0v) is 9.24. The summed E-state index contributed by atoms with van der Waals surface area (Å²) in [5.74, 6) is -0.0660. The first-order chi connectivity index (χ1) is 7.75. The molecule has 2 aromatic rings. The Morgan fingerprint density at radius 1 is 1.12 bits per heavy atom. The van der Waals surface area contributed by atoms with Gasteiger partial charge in [0, 0.05) is 4.90 Å². The molecule has 0 aliphatic heterocycles. The maximum atomic E-state index is 7.20. The summed E-state index contributed by atoms with van der Waals surface area (Å²) < 4.78 is 0. The van der Waals surface area contributed by atoms with Crippen LogP contribution in [-0.2, 0) is 0 Å². The predicted octanol–water partition coefficient (Wildman–Crippen LogP) is 1.91. The lowest BCUT2D eigenvalue weighted by atomic mass is 10.4. The van der Waals surface area contributed by atoms with Crippen LogP contribution in [0.3, 0.4) is 0 Å². The molecule has 1 aromatic heterocycles. The van der Waals surface area contributed by atoms with E-state index in [4.69, 9.17) is 11.1 Å². The fourth-order valence-electron chi connectivity index (χ4n) is 1.12. The van der Waals surface area contributed by atoms with E-state index in [9.17, 15) is 0 Å². The third kappa shape index (κ3) is 2.58. The van der Waals surface area contributed by atoms with Crippen LogP contribution in [0.5, 0.6) is 0 Å². The van der Waals surface area contributed by atoms with Crippen molar-refractivity contribution in [3.05, 3.63) is 48.4 Å². The average molecular weight is 230 g/mol. The van der Waals surface area contributed by atoms with Gasteiger partial charge in [-0.1, -0.05) is 30.0 Å². The number of nitrogens with zero attached hydrogens (tertiary/aromatic N) is 2. The van der Waals surface area contributed by atoms with Crippen molar-refractivity contribution in [3.63, 3.8) is 0 Å². The van der Waals surface area contributed by atoms with Crippen molar-refractivity contribution in [1.82, 2.24) is 9.97 Å². The third-order valence-corrected chi connectivity index (χ3v) is 2.80. The summed E-state index contributed by atoms with van der Waals surface area (Å²) >= 11 is 1.52.